The Labute approximate surface area is 151 Å². The van der Waals surface area contributed by atoms with Crippen LogP contribution in [-0.2, 0) is 4.79 Å². The van der Waals surface area contributed by atoms with Crippen molar-refractivity contribution in [1.82, 2.24) is 4.98 Å². The van der Waals surface area contributed by atoms with Crippen LogP contribution in [0.3, 0.4) is 0 Å². The van der Waals surface area contributed by atoms with E-state index in [9.17, 15) is 4.79 Å². The summed E-state index contributed by atoms with van der Waals surface area (Å²) >= 11 is 14.9. The monoisotopic (exact) mass is 380 g/mol. The molecule has 0 fully saturated rings. The normalized spacial score (nSPS) is 11.0. The van der Waals surface area contributed by atoms with Gasteiger partial charge in [0.05, 0.1) is 10.6 Å². The van der Waals surface area contributed by atoms with Crippen LogP contribution in [0.1, 0.15) is 5.56 Å². The van der Waals surface area contributed by atoms with Crippen molar-refractivity contribution in [1.29, 1.82) is 0 Å². The molecular weight excluding hydrogens is 371 g/mol. The average Bonchev–Trinajstić information content (AvgIpc) is 3.17. The first-order valence-electron chi connectivity index (χ1n) is 6.55. The third-order valence-corrected chi connectivity index (χ3v) is 5.10. The van der Waals surface area contributed by atoms with Gasteiger partial charge in [-0.3, -0.25) is 10.1 Å². The van der Waals surface area contributed by atoms with Gasteiger partial charge >= 0.3 is 0 Å². The minimum Gasteiger partial charge on any atom is -0.298 e. The maximum absolute atomic E-state index is 12.0. The number of carbonyl (C=O) groups excluding carboxylic acids is 1. The molecule has 0 radical (unpaired) electrons. The second-order valence-corrected chi connectivity index (χ2v) is 7.15. The third-order valence-electron chi connectivity index (χ3n) is 2.88. The summed E-state index contributed by atoms with van der Waals surface area (Å²) in [6, 6.07) is 9.07. The standard InChI is InChI=1S/C16H10Cl2N2OS2/c17-11-5-3-10(12(18)8-11)4-6-15(21)20-16-19-13(9-23-16)14-2-1-7-22-14/h1-9H,(H,19,20,21)/b6-4+. The molecule has 1 N–H and O–H groups in total. The van der Waals surface area contributed by atoms with E-state index >= 15 is 0 Å². The molecule has 2 heterocycles. The molecule has 1 aromatic carbocycles. The molecule has 116 valence electrons. The van der Waals surface area contributed by atoms with E-state index in [1.165, 1.54) is 17.4 Å². The van der Waals surface area contributed by atoms with Gasteiger partial charge in [-0.05, 0) is 35.2 Å². The summed E-state index contributed by atoms with van der Waals surface area (Å²) < 4.78 is 0. The average molecular weight is 381 g/mol. The Hall–Kier alpha value is -1.66. The van der Waals surface area contributed by atoms with E-state index in [1.807, 2.05) is 22.9 Å². The molecule has 3 aromatic rings. The zero-order valence-corrected chi connectivity index (χ0v) is 14.8. The summed E-state index contributed by atoms with van der Waals surface area (Å²) in [4.78, 5) is 17.4. The van der Waals surface area contributed by atoms with Crippen LogP contribution in [-0.4, -0.2) is 10.9 Å². The Morgan fingerprint density at radius 2 is 2.09 bits per heavy atom. The first-order chi connectivity index (χ1) is 11.1. The summed E-state index contributed by atoms with van der Waals surface area (Å²) in [7, 11) is 0. The molecule has 0 unspecified atom stereocenters. The molecule has 1 amide bonds. The number of thiophene rings is 1. The molecule has 2 aromatic heterocycles. The molecule has 7 heteroatoms. The summed E-state index contributed by atoms with van der Waals surface area (Å²) in [5.41, 5.74) is 1.59. The van der Waals surface area contributed by atoms with Crippen LogP contribution in [0, 0.1) is 0 Å². The SMILES string of the molecule is O=C(/C=C/c1ccc(Cl)cc1Cl)Nc1nc(-c2cccs2)cs1. The first kappa shape index (κ1) is 16.2. The maximum atomic E-state index is 12.0. The van der Waals surface area contributed by atoms with Crippen molar-refractivity contribution >= 4 is 63.0 Å². The fraction of sp³-hybridized carbons (Fsp3) is 0. The van der Waals surface area contributed by atoms with Crippen LogP contribution in [0.2, 0.25) is 10.0 Å². The van der Waals surface area contributed by atoms with E-state index in [0.717, 1.165) is 16.1 Å². The minimum absolute atomic E-state index is 0.261. The quantitative estimate of drug-likeness (QED) is 0.578. The molecule has 3 rings (SSSR count). The smallest absolute Gasteiger partial charge is 0.250 e. The van der Waals surface area contributed by atoms with E-state index in [1.54, 1.807) is 35.6 Å². The second kappa shape index (κ2) is 7.27. The number of anilines is 1. The number of aromatic nitrogens is 1. The Morgan fingerprint density at radius 1 is 1.22 bits per heavy atom. The van der Waals surface area contributed by atoms with Gasteiger partial charge < -0.3 is 0 Å². The number of thiazole rings is 1. The Morgan fingerprint density at radius 3 is 2.83 bits per heavy atom. The Kier molecular flexibility index (Phi) is 5.13. The van der Waals surface area contributed by atoms with Crippen molar-refractivity contribution in [3.05, 3.63) is 62.8 Å². The van der Waals surface area contributed by atoms with E-state index in [4.69, 9.17) is 23.2 Å². The lowest BCUT2D eigenvalue weighted by Gasteiger charge is -1.99. The lowest BCUT2D eigenvalue weighted by Crippen LogP contribution is -2.07. The lowest BCUT2D eigenvalue weighted by atomic mass is 10.2. The van der Waals surface area contributed by atoms with Gasteiger partial charge in [0, 0.05) is 21.5 Å². The first-order valence-corrected chi connectivity index (χ1v) is 9.07. The molecule has 0 aliphatic carbocycles. The molecule has 3 nitrogen and oxygen atoms in total. The summed E-state index contributed by atoms with van der Waals surface area (Å²) in [6.07, 6.45) is 3.06. The predicted octanol–water partition coefficient (Wildman–Crippen LogP) is 5.83. The van der Waals surface area contributed by atoms with Crippen molar-refractivity contribution in [2.24, 2.45) is 0 Å². The number of rotatable bonds is 4. The molecule has 23 heavy (non-hydrogen) atoms. The van der Waals surface area contributed by atoms with Crippen LogP contribution >= 0.6 is 45.9 Å². The number of carbonyl (C=O) groups is 1. The highest BCUT2D eigenvalue weighted by Crippen LogP contribution is 2.28. The van der Waals surface area contributed by atoms with Crippen LogP contribution in [0.15, 0.2) is 47.2 Å². The van der Waals surface area contributed by atoms with E-state index < -0.39 is 0 Å². The maximum Gasteiger partial charge on any atom is 0.250 e. The van der Waals surface area contributed by atoms with Crippen LogP contribution in [0.5, 0.6) is 0 Å². The fourth-order valence-corrected chi connectivity index (χ4v) is 3.76. The zero-order chi connectivity index (χ0) is 16.2. The van der Waals surface area contributed by atoms with Crippen LogP contribution in [0.25, 0.3) is 16.6 Å². The summed E-state index contributed by atoms with van der Waals surface area (Å²) in [5.74, 6) is -0.261. The Bertz CT molecular complexity index is 857. The topological polar surface area (TPSA) is 42.0 Å². The van der Waals surface area contributed by atoms with Gasteiger partial charge in [-0.25, -0.2) is 4.98 Å². The third kappa shape index (κ3) is 4.20. The summed E-state index contributed by atoms with van der Waals surface area (Å²) in [5, 5.41) is 8.26. The molecule has 0 atom stereocenters. The van der Waals surface area contributed by atoms with Gasteiger partial charge in [0.2, 0.25) is 5.91 Å². The predicted molar refractivity (Wildman–Crippen MR) is 99.6 cm³/mol. The number of halogens is 2. The largest absolute Gasteiger partial charge is 0.298 e. The number of amides is 1. The van der Waals surface area contributed by atoms with Crippen molar-refractivity contribution in [2.45, 2.75) is 0 Å². The number of hydrogen-bond acceptors (Lipinski definition) is 4. The number of hydrogen-bond donors (Lipinski definition) is 1. The van der Waals surface area contributed by atoms with Gasteiger partial charge in [-0.15, -0.1) is 22.7 Å². The van der Waals surface area contributed by atoms with E-state index in [0.29, 0.717) is 15.2 Å². The lowest BCUT2D eigenvalue weighted by molar-refractivity contribution is -0.111. The number of benzene rings is 1. The van der Waals surface area contributed by atoms with Crippen molar-refractivity contribution in [3.63, 3.8) is 0 Å². The fourth-order valence-electron chi connectivity index (χ4n) is 1.82. The molecule has 0 aliphatic heterocycles. The van der Waals surface area contributed by atoms with Crippen molar-refractivity contribution in [3.8, 4) is 10.6 Å². The van der Waals surface area contributed by atoms with E-state index in [2.05, 4.69) is 10.3 Å². The van der Waals surface area contributed by atoms with Crippen LogP contribution < -0.4 is 5.32 Å². The second-order valence-electron chi connectivity index (χ2n) is 4.50. The van der Waals surface area contributed by atoms with Crippen LogP contribution in [0.4, 0.5) is 5.13 Å². The van der Waals surface area contributed by atoms with Gasteiger partial charge in [0.1, 0.15) is 0 Å². The molecule has 0 aliphatic rings. The molecule has 0 saturated heterocycles. The summed E-state index contributed by atoms with van der Waals surface area (Å²) in [6.45, 7) is 0. The van der Waals surface area contributed by atoms with Gasteiger partial charge in [-0.1, -0.05) is 35.3 Å². The molecular formula is C16H10Cl2N2OS2. The van der Waals surface area contributed by atoms with Crippen molar-refractivity contribution < 1.29 is 4.79 Å². The van der Waals surface area contributed by atoms with Gasteiger partial charge in [0.25, 0.3) is 0 Å². The highest BCUT2D eigenvalue weighted by atomic mass is 35.5. The van der Waals surface area contributed by atoms with Crippen molar-refractivity contribution in [2.75, 3.05) is 5.32 Å². The highest BCUT2D eigenvalue weighted by molar-refractivity contribution is 7.16. The highest BCUT2D eigenvalue weighted by Gasteiger charge is 2.07. The molecule has 0 saturated carbocycles. The van der Waals surface area contributed by atoms with Gasteiger partial charge in [-0.2, -0.15) is 0 Å². The molecule has 0 spiro atoms. The van der Waals surface area contributed by atoms with Gasteiger partial charge in [0.15, 0.2) is 5.13 Å². The number of nitrogens with zero attached hydrogens (tertiary/aromatic N) is 1. The zero-order valence-electron chi connectivity index (χ0n) is 11.6. The van der Waals surface area contributed by atoms with E-state index in [-0.39, 0.29) is 5.91 Å². The molecule has 0 bridgehead atoms. The minimum atomic E-state index is -0.261. The Balaban J connectivity index is 1.66. The number of nitrogens with one attached hydrogen (secondary N) is 1.